The third-order valence-electron chi connectivity index (χ3n) is 2.60. The molecule has 3 nitrogen and oxygen atoms in total. The molecule has 0 aliphatic heterocycles. The van der Waals surface area contributed by atoms with Gasteiger partial charge in [0.1, 0.15) is 0 Å². The van der Waals surface area contributed by atoms with Crippen molar-refractivity contribution < 1.29 is 9.90 Å². The molecular formula is C13H25NO2. The van der Waals surface area contributed by atoms with Crippen LogP contribution in [0.3, 0.4) is 0 Å². The van der Waals surface area contributed by atoms with E-state index >= 15 is 0 Å². The molecule has 3 heteroatoms. The van der Waals surface area contributed by atoms with E-state index in [0.717, 1.165) is 19.4 Å². The summed E-state index contributed by atoms with van der Waals surface area (Å²) in [6.07, 6.45) is 10.5. The fourth-order valence-corrected chi connectivity index (χ4v) is 1.69. The molecule has 0 aliphatic carbocycles. The molecule has 0 rings (SSSR count). The zero-order valence-corrected chi connectivity index (χ0v) is 10.5. The molecule has 0 fully saturated rings. The predicted octanol–water partition coefficient (Wildman–Crippen LogP) is 2.92. The Bertz CT molecular complexity index is 192. The summed E-state index contributed by atoms with van der Waals surface area (Å²) in [4.78, 5) is 12.3. The monoisotopic (exact) mass is 227 g/mol. The van der Waals surface area contributed by atoms with E-state index in [2.05, 4.69) is 6.58 Å². The van der Waals surface area contributed by atoms with Crippen LogP contribution in [0.2, 0.25) is 0 Å². The van der Waals surface area contributed by atoms with Crippen molar-refractivity contribution in [2.24, 2.45) is 0 Å². The zero-order valence-electron chi connectivity index (χ0n) is 10.5. The molecule has 1 N–H and O–H groups in total. The lowest BCUT2D eigenvalue weighted by Crippen LogP contribution is -2.26. The van der Waals surface area contributed by atoms with Crippen molar-refractivity contribution in [1.29, 1.82) is 0 Å². The lowest BCUT2D eigenvalue weighted by atomic mass is 10.1. The fraction of sp³-hybridized carbons (Fsp3) is 0.769. The van der Waals surface area contributed by atoms with E-state index in [-0.39, 0.29) is 6.54 Å². The Morgan fingerprint density at radius 2 is 1.75 bits per heavy atom. The normalized spacial score (nSPS) is 10.6. The molecule has 0 amide bonds. The maximum absolute atomic E-state index is 10.4. The molecule has 0 atom stereocenters. The Morgan fingerprint density at radius 3 is 2.31 bits per heavy atom. The molecule has 0 heterocycles. The van der Waals surface area contributed by atoms with Crippen molar-refractivity contribution in [3.63, 3.8) is 0 Å². The van der Waals surface area contributed by atoms with Crippen LogP contribution in [0.1, 0.15) is 44.9 Å². The molecule has 0 bridgehead atoms. The highest BCUT2D eigenvalue weighted by Crippen LogP contribution is 2.07. The molecule has 0 aliphatic rings. The van der Waals surface area contributed by atoms with Gasteiger partial charge >= 0.3 is 5.97 Å². The largest absolute Gasteiger partial charge is 0.480 e. The first-order chi connectivity index (χ1) is 7.66. The minimum atomic E-state index is -0.744. The zero-order chi connectivity index (χ0) is 12.2. The summed E-state index contributed by atoms with van der Waals surface area (Å²) in [6.45, 7) is 4.74. The van der Waals surface area contributed by atoms with Gasteiger partial charge in [-0.2, -0.15) is 0 Å². The van der Waals surface area contributed by atoms with Crippen LogP contribution < -0.4 is 0 Å². The van der Waals surface area contributed by atoms with E-state index < -0.39 is 5.97 Å². The molecule has 0 aromatic carbocycles. The second-order valence-corrected chi connectivity index (χ2v) is 4.33. The Labute approximate surface area is 99.1 Å². The second-order valence-electron chi connectivity index (χ2n) is 4.33. The second kappa shape index (κ2) is 10.7. The van der Waals surface area contributed by atoms with Gasteiger partial charge in [0.2, 0.25) is 0 Å². The van der Waals surface area contributed by atoms with Crippen molar-refractivity contribution in [3.05, 3.63) is 12.7 Å². The van der Waals surface area contributed by atoms with E-state index in [9.17, 15) is 4.79 Å². The Morgan fingerprint density at radius 1 is 1.19 bits per heavy atom. The number of carboxylic acid groups (broad SMARTS) is 1. The minimum Gasteiger partial charge on any atom is -0.480 e. The number of aliphatic carboxylic acids is 1. The lowest BCUT2D eigenvalue weighted by Gasteiger charge is -2.13. The summed E-state index contributed by atoms with van der Waals surface area (Å²) >= 11 is 0. The van der Waals surface area contributed by atoms with Gasteiger partial charge < -0.3 is 5.11 Å². The third kappa shape index (κ3) is 11.2. The number of unbranched alkanes of at least 4 members (excludes halogenated alkanes) is 6. The highest BCUT2D eigenvalue weighted by Gasteiger charge is 2.02. The van der Waals surface area contributed by atoms with Gasteiger partial charge in [-0.05, 0) is 32.9 Å². The smallest absolute Gasteiger partial charge is 0.317 e. The van der Waals surface area contributed by atoms with Gasteiger partial charge in [-0.1, -0.05) is 31.8 Å². The summed E-state index contributed by atoms with van der Waals surface area (Å²) in [6, 6.07) is 0. The highest BCUT2D eigenvalue weighted by molar-refractivity contribution is 5.68. The first kappa shape index (κ1) is 15.2. The number of hydrogen-bond donors (Lipinski definition) is 1. The average molecular weight is 227 g/mol. The summed E-state index contributed by atoms with van der Waals surface area (Å²) < 4.78 is 0. The van der Waals surface area contributed by atoms with Crippen LogP contribution in [0.25, 0.3) is 0 Å². The Balaban J connectivity index is 3.14. The number of carbonyl (C=O) groups is 1. The van der Waals surface area contributed by atoms with Crippen LogP contribution in [-0.4, -0.2) is 36.1 Å². The van der Waals surface area contributed by atoms with Gasteiger partial charge in [-0.25, -0.2) is 0 Å². The summed E-state index contributed by atoms with van der Waals surface area (Å²) in [5.41, 5.74) is 0. The molecule has 0 radical (unpaired) electrons. The fourth-order valence-electron chi connectivity index (χ4n) is 1.69. The number of nitrogens with zero attached hydrogens (tertiary/aromatic N) is 1. The topological polar surface area (TPSA) is 40.5 Å². The van der Waals surface area contributed by atoms with E-state index in [1.165, 1.54) is 32.1 Å². The van der Waals surface area contributed by atoms with Gasteiger partial charge in [0, 0.05) is 0 Å². The van der Waals surface area contributed by atoms with Crippen LogP contribution in [-0.2, 0) is 4.79 Å². The van der Waals surface area contributed by atoms with Crippen molar-refractivity contribution in [2.75, 3.05) is 20.1 Å². The average Bonchev–Trinajstić information content (AvgIpc) is 2.21. The molecule has 0 spiro atoms. The Kier molecular flexibility index (Phi) is 10.1. The van der Waals surface area contributed by atoms with Crippen molar-refractivity contribution in [3.8, 4) is 0 Å². The standard InChI is InChI=1S/C13H25NO2/c1-3-4-5-6-7-8-9-10-11-14(2)12-13(15)16/h3H,1,4-12H2,2H3,(H,15,16). The first-order valence-electron chi connectivity index (χ1n) is 6.18. The van der Waals surface area contributed by atoms with Crippen LogP contribution in [0.15, 0.2) is 12.7 Å². The van der Waals surface area contributed by atoms with Gasteiger partial charge in [0.25, 0.3) is 0 Å². The number of rotatable bonds is 11. The first-order valence-corrected chi connectivity index (χ1v) is 6.18. The van der Waals surface area contributed by atoms with Crippen molar-refractivity contribution >= 4 is 5.97 Å². The third-order valence-corrected chi connectivity index (χ3v) is 2.60. The molecule has 16 heavy (non-hydrogen) atoms. The number of likely N-dealkylation sites (N-methyl/N-ethyl adjacent to an activating group) is 1. The molecule has 0 aromatic rings. The molecule has 0 unspecified atom stereocenters. The van der Waals surface area contributed by atoms with E-state index in [4.69, 9.17) is 5.11 Å². The van der Waals surface area contributed by atoms with E-state index in [0.29, 0.717) is 0 Å². The van der Waals surface area contributed by atoms with Crippen LogP contribution in [0, 0.1) is 0 Å². The van der Waals surface area contributed by atoms with Gasteiger partial charge in [-0.15, -0.1) is 6.58 Å². The molecule has 0 saturated heterocycles. The molecule has 0 aromatic heterocycles. The van der Waals surface area contributed by atoms with Gasteiger partial charge in [-0.3, -0.25) is 9.69 Å². The number of carboxylic acids is 1. The quantitative estimate of drug-likeness (QED) is 0.436. The van der Waals surface area contributed by atoms with E-state index in [1.807, 2.05) is 18.0 Å². The molecular weight excluding hydrogens is 202 g/mol. The number of hydrogen-bond acceptors (Lipinski definition) is 2. The van der Waals surface area contributed by atoms with Gasteiger partial charge in [0.05, 0.1) is 6.54 Å². The van der Waals surface area contributed by atoms with Crippen LogP contribution in [0.4, 0.5) is 0 Å². The minimum absolute atomic E-state index is 0.152. The number of allylic oxidation sites excluding steroid dienone is 1. The maximum atomic E-state index is 10.4. The molecule has 0 saturated carbocycles. The van der Waals surface area contributed by atoms with E-state index in [1.54, 1.807) is 0 Å². The summed E-state index contributed by atoms with van der Waals surface area (Å²) in [5, 5.41) is 8.56. The predicted molar refractivity (Wildman–Crippen MR) is 67.6 cm³/mol. The van der Waals surface area contributed by atoms with Crippen molar-refractivity contribution in [2.45, 2.75) is 44.9 Å². The summed E-state index contributed by atoms with van der Waals surface area (Å²) in [5.74, 6) is -0.744. The Hall–Kier alpha value is -0.830. The van der Waals surface area contributed by atoms with Crippen molar-refractivity contribution in [1.82, 2.24) is 4.90 Å². The maximum Gasteiger partial charge on any atom is 0.317 e. The van der Waals surface area contributed by atoms with Gasteiger partial charge in [0.15, 0.2) is 0 Å². The lowest BCUT2D eigenvalue weighted by molar-refractivity contribution is -0.137. The SMILES string of the molecule is C=CCCCCCCCCN(C)CC(=O)O. The highest BCUT2D eigenvalue weighted by atomic mass is 16.4. The molecule has 94 valence electrons. The van der Waals surface area contributed by atoms with Crippen LogP contribution >= 0.6 is 0 Å². The summed E-state index contributed by atoms with van der Waals surface area (Å²) in [7, 11) is 1.86. The van der Waals surface area contributed by atoms with Crippen LogP contribution in [0.5, 0.6) is 0 Å².